The first kappa shape index (κ1) is 15.5. The highest BCUT2D eigenvalue weighted by molar-refractivity contribution is 9.10. The zero-order valence-electron chi connectivity index (χ0n) is 11.6. The van der Waals surface area contributed by atoms with E-state index in [1.54, 1.807) is 19.9 Å². The van der Waals surface area contributed by atoms with E-state index in [1.807, 2.05) is 30.3 Å². The molecule has 0 fully saturated rings. The Labute approximate surface area is 127 Å². The van der Waals surface area contributed by atoms with Gasteiger partial charge in [0.15, 0.2) is 9.84 Å². The lowest BCUT2D eigenvalue weighted by atomic mass is 9.93. The molecule has 2 aromatic carbocycles. The van der Waals surface area contributed by atoms with Gasteiger partial charge in [0.2, 0.25) is 0 Å². The fourth-order valence-electron chi connectivity index (χ4n) is 2.10. The standard InChI is InChI=1S/C15H17BrO3S/c1-15(2,20(3,18)19)14(17)12-8-9-13(16)11-7-5-4-6-10(11)12/h4-9,14,17H,1-3H3. The zero-order valence-corrected chi connectivity index (χ0v) is 14.0. The molecule has 3 nitrogen and oxygen atoms in total. The van der Waals surface area contributed by atoms with Crippen molar-refractivity contribution >= 4 is 36.5 Å². The van der Waals surface area contributed by atoms with Crippen LogP contribution in [0, 0.1) is 0 Å². The lowest BCUT2D eigenvalue weighted by Gasteiger charge is -2.29. The highest BCUT2D eigenvalue weighted by Crippen LogP contribution is 2.37. The van der Waals surface area contributed by atoms with Gasteiger partial charge in [-0.15, -0.1) is 0 Å². The molecule has 0 aliphatic rings. The number of rotatable bonds is 3. The molecule has 0 aliphatic heterocycles. The van der Waals surface area contributed by atoms with Crippen LogP contribution < -0.4 is 0 Å². The summed E-state index contributed by atoms with van der Waals surface area (Å²) in [7, 11) is -3.39. The van der Waals surface area contributed by atoms with E-state index in [9.17, 15) is 13.5 Å². The van der Waals surface area contributed by atoms with Gasteiger partial charge in [0.1, 0.15) is 0 Å². The molecule has 0 aromatic heterocycles. The third kappa shape index (κ3) is 2.50. The number of halogens is 1. The summed E-state index contributed by atoms with van der Waals surface area (Å²) in [6.07, 6.45) is 0.0626. The second kappa shape index (κ2) is 5.13. The number of aliphatic hydroxyl groups is 1. The number of hydrogen-bond acceptors (Lipinski definition) is 3. The lowest BCUT2D eigenvalue weighted by molar-refractivity contribution is 0.141. The average Bonchev–Trinajstić information content (AvgIpc) is 2.37. The summed E-state index contributed by atoms with van der Waals surface area (Å²) in [5.74, 6) is 0. The third-order valence-corrected chi connectivity index (χ3v) is 6.64. The van der Waals surface area contributed by atoms with Gasteiger partial charge in [-0.05, 0) is 36.2 Å². The van der Waals surface area contributed by atoms with Gasteiger partial charge in [-0.1, -0.05) is 46.3 Å². The quantitative estimate of drug-likeness (QED) is 0.915. The molecule has 108 valence electrons. The van der Waals surface area contributed by atoms with Crippen molar-refractivity contribution in [1.82, 2.24) is 0 Å². The van der Waals surface area contributed by atoms with Gasteiger partial charge in [0.05, 0.1) is 10.9 Å². The van der Waals surface area contributed by atoms with Gasteiger partial charge in [-0.3, -0.25) is 0 Å². The molecular weight excluding hydrogens is 340 g/mol. The van der Waals surface area contributed by atoms with Gasteiger partial charge < -0.3 is 5.11 Å². The summed E-state index contributed by atoms with van der Waals surface area (Å²) >= 11 is 3.47. The molecule has 5 heteroatoms. The van der Waals surface area contributed by atoms with Crippen LogP contribution in [-0.4, -0.2) is 24.5 Å². The van der Waals surface area contributed by atoms with Gasteiger partial charge in [-0.25, -0.2) is 8.42 Å². The van der Waals surface area contributed by atoms with E-state index in [4.69, 9.17) is 0 Å². The normalized spacial score (nSPS) is 14.4. The highest BCUT2D eigenvalue weighted by Gasteiger charge is 2.39. The van der Waals surface area contributed by atoms with Crippen molar-refractivity contribution in [3.05, 3.63) is 46.4 Å². The molecule has 1 atom stereocenters. The molecular formula is C15H17BrO3S. The Morgan fingerprint density at radius 2 is 1.65 bits per heavy atom. The molecule has 0 amide bonds. The predicted molar refractivity (Wildman–Crippen MR) is 85.5 cm³/mol. The van der Waals surface area contributed by atoms with Gasteiger partial charge in [-0.2, -0.15) is 0 Å². The van der Waals surface area contributed by atoms with Crippen LogP contribution >= 0.6 is 15.9 Å². The number of fused-ring (bicyclic) bond motifs is 1. The van der Waals surface area contributed by atoms with Crippen LogP contribution in [0.2, 0.25) is 0 Å². The molecule has 0 radical (unpaired) electrons. The first-order valence-corrected chi connectivity index (χ1v) is 8.89. The van der Waals surface area contributed by atoms with E-state index in [0.717, 1.165) is 21.5 Å². The summed E-state index contributed by atoms with van der Waals surface area (Å²) in [5.41, 5.74) is 0.624. The smallest absolute Gasteiger partial charge is 0.155 e. The number of hydrogen-bond donors (Lipinski definition) is 1. The van der Waals surface area contributed by atoms with E-state index < -0.39 is 20.7 Å². The van der Waals surface area contributed by atoms with Crippen molar-refractivity contribution < 1.29 is 13.5 Å². The van der Waals surface area contributed by atoms with Gasteiger partial charge >= 0.3 is 0 Å². The summed E-state index contributed by atoms with van der Waals surface area (Å²) in [5, 5.41) is 12.4. The minimum absolute atomic E-state index is 0.624. The van der Waals surface area contributed by atoms with Crippen LogP contribution in [0.5, 0.6) is 0 Å². The molecule has 0 saturated carbocycles. The molecule has 0 saturated heterocycles. The van der Waals surface area contributed by atoms with Crippen LogP contribution in [0.15, 0.2) is 40.9 Å². The zero-order chi connectivity index (χ0) is 15.1. The van der Waals surface area contributed by atoms with Crippen molar-refractivity contribution in [2.75, 3.05) is 6.26 Å². The lowest BCUT2D eigenvalue weighted by Crippen LogP contribution is -2.37. The molecule has 20 heavy (non-hydrogen) atoms. The van der Waals surface area contributed by atoms with Crippen LogP contribution in [0.1, 0.15) is 25.5 Å². The molecule has 0 heterocycles. The molecule has 1 unspecified atom stereocenters. The third-order valence-electron chi connectivity index (χ3n) is 3.81. The Hall–Kier alpha value is -0.910. The van der Waals surface area contributed by atoms with Crippen LogP contribution in [0.4, 0.5) is 0 Å². The SMILES string of the molecule is CC(C)(C(O)c1ccc(Br)c2ccccc12)S(C)(=O)=O. The summed E-state index contributed by atoms with van der Waals surface area (Å²) in [6, 6.07) is 11.2. The maximum atomic E-state index is 11.9. The highest BCUT2D eigenvalue weighted by atomic mass is 79.9. The predicted octanol–water partition coefficient (Wildman–Crippen LogP) is 3.46. The largest absolute Gasteiger partial charge is 0.387 e. The minimum Gasteiger partial charge on any atom is -0.387 e. The second-order valence-electron chi connectivity index (χ2n) is 5.46. The number of benzene rings is 2. The topological polar surface area (TPSA) is 54.4 Å². The Bertz CT molecular complexity index is 751. The van der Waals surface area contributed by atoms with Crippen LogP contribution in [0.25, 0.3) is 10.8 Å². The van der Waals surface area contributed by atoms with E-state index in [2.05, 4.69) is 15.9 Å². The van der Waals surface area contributed by atoms with Gasteiger partial charge in [0.25, 0.3) is 0 Å². The fraction of sp³-hybridized carbons (Fsp3) is 0.333. The molecule has 2 aromatic rings. The maximum absolute atomic E-state index is 11.9. The van der Waals surface area contributed by atoms with E-state index in [-0.39, 0.29) is 0 Å². The van der Waals surface area contributed by atoms with Crippen molar-refractivity contribution in [2.45, 2.75) is 24.7 Å². The average molecular weight is 357 g/mol. The second-order valence-corrected chi connectivity index (χ2v) is 8.91. The minimum atomic E-state index is -3.39. The molecule has 2 rings (SSSR count). The molecule has 0 aliphatic carbocycles. The molecule has 0 spiro atoms. The fourth-order valence-corrected chi connectivity index (χ4v) is 3.11. The maximum Gasteiger partial charge on any atom is 0.155 e. The summed E-state index contributed by atoms with van der Waals surface area (Å²) < 4.78 is 23.5. The number of aliphatic hydroxyl groups excluding tert-OH is 1. The number of sulfone groups is 1. The van der Waals surface area contributed by atoms with E-state index >= 15 is 0 Å². The van der Waals surface area contributed by atoms with Crippen molar-refractivity contribution in [2.24, 2.45) is 0 Å². The Kier molecular flexibility index (Phi) is 3.97. The molecule has 1 N–H and O–H groups in total. The van der Waals surface area contributed by atoms with Crippen molar-refractivity contribution in [3.63, 3.8) is 0 Å². The Morgan fingerprint density at radius 3 is 2.20 bits per heavy atom. The first-order chi connectivity index (χ1) is 9.16. The van der Waals surface area contributed by atoms with E-state index in [1.165, 1.54) is 0 Å². The summed E-state index contributed by atoms with van der Waals surface area (Å²) in [6.45, 7) is 3.09. The van der Waals surface area contributed by atoms with Crippen LogP contribution in [0.3, 0.4) is 0 Å². The van der Waals surface area contributed by atoms with Crippen molar-refractivity contribution in [3.8, 4) is 0 Å². The van der Waals surface area contributed by atoms with Crippen LogP contribution in [-0.2, 0) is 9.84 Å². The van der Waals surface area contributed by atoms with Gasteiger partial charge in [0, 0.05) is 10.7 Å². The summed E-state index contributed by atoms with van der Waals surface area (Å²) in [4.78, 5) is 0. The molecule has 0 bridgehead atoms. The Balaban J connectivity index is 2.68. The Morgan fingerprint density at radius 1 is 1.10 bits per heavy atom. The van der Waals surface area contributed by atoms with Crippen molar-refractivity contribution in [1.29, 1.82) is 0 Å². The van der Waals surface area contributed by atoms with E-state index in [0.29, 0.717) is 5.56 Å². The first-order valence-electron chi connectivity index (χ1n) is 6.21. The monoisotopic (exact) mass is 356 g/mol.